The van der Waals surface area contributed by atoms with Crippen LogP contribution in [0.4, 0.5) is 0 Å². The first kappa shape index (κ1) is 11.5. The van der Waals surface area contributed by atoms with Gasteiger partial charge in [-0.15, -0.1) is 11.3 Å². The summed E-state index contributed by atoms with van der Waals surface area (Å²) < 4.78 is 26.9. The number of hydrogen-bond acceptors (Lipinski definition) is 4. The molecule has 0 aliphatic carbocycles. The van der Waals surface area contributed by atoms with Gasteiger partial charge in [-0.2, -0.15) is 4.31 Å². The number of thiophene rings is 1. The summed E-state index contributed by atoms with van der Waals surface area (Å²) in [5, 5.41) is 4.92. The molecular weight excluding hydrogens is 300 g/mol. The summed E-state index contributed by atoms with van der Waals surface area (Å²) >= 11 is 4.52. The van der Waals surface area contributed by atoms with Crippen LogP contribution in [0.3, 0.4) is 0 Å². The second-order valence-corrected chi connectivity index (χ2v) is 7.23. The third-order valence-electron chi connectivity index (χ3n) is 2.21. The average Bonchev–Trinajstić information content (AvgIpc) is 2.67. The van der Waals surface area contributed by atoms with E-state index in [0.29, 0.717) is 17.3 Å². The molecule has 0 aromatic carbocycles. The van der Waals surface area contributed by atoms with Crippen molar-refractivity contribution in [3.8, 4) is 0 Å². The Kier molecular flexibility index (Phi) is 3.46. The molecule has 0 atom stereocenters. The van der Waals surface area contributed by atoms with Crippen molar-refractivity contribution < 1.29 is 8.42 Å². The van der Waals surface area contributed by atoms with E-state index in [1.165, 1.54) is 15.6 Å². The van der Waals surface area contributed by atoms with E-state index in [4.69, 9.17) is 0 Å². The summed E-state index contributed by atoms with van der Waals surface area (Å²) in [5.74, 6) is 0. The van der Waals surface area contributed by atoms with E-state index in [9.17, 15) is 8.42 Å². The third kappa shape index (κ3) is 2.42. The number of sulfonamides is 1. The van der Waals surface area contributed by atoms with Crippen molar-refractivity contribution in [3.05, 3.63) is 15.9 Å². The molecule has 2 heterocycles. The van der Waals surface area contributed by atoms with Crippen molar-refractivity contribution in [1.82, 2.24) is 9.62 Å². The van der Waals surface area contributed by atoms with Crippen molar-refractivity contribution in [2.45, 2.75) is 4.21 Å². The minimum absolute atomic E-state index is 0.413. The number of piperazine rings is 1. The maximum Gasteiger partial charge on any atom is 0.252 e. The second kappa shape index (κ2) is 4.50. The lowest BCUT2D eigenvalue weighted by molar-refractivity contribution is 0.361. The van der Waals surface area contributed by atoms with Gasteiger partial charge in [-0.25, -0.2) is 8.42 Å². The van der Waals surface area contributed by atoms with Gasteiger partial charge in [-0.05, 0) is 22.0 Å². The molecule has 1 saturated heterocycles. The SMILES string of the molecule is O=S(=O)(c1cc(Br)cs1)N1CCNCC1. The number of halogens is 1. The molecule has 1 aromatic rings. The molecule has 84 valence electrons. The van der Waals surface area contributed by atoms with Gasteiger partial charge in [0.25, 0.3) is 10.0 Å². The molecule has 15 heavy (non-hydrogen) atoms. The van der Waals surface area contributed by atoms with Gasteiger partial charge in [0.2, 0.25) is 0 Å². The van der Waals surface area contributed by atoms with Crippen LogP contribution in [0, 0.1) is 0 Å². The molecule has 1 aliphatic rings. The lowest BCUT2D eigenvalue weighted by Gasteiger charge is -2.25. The summed E-state index contributed by atoms with van der Waals surface area (Å²) in [6.45, 7) is 2.56. The number of nitrogens with zero attached hydrogens (tertiary/aromatic N) is 1. The Morgan fingerprint density at radius 3 is 2.60 bits per heavy atom. The zero-order chi connectivity index (χ0) is 10.9. The Morgan fingerprint density at radius 1 is 1.40 bits per heavy atom. The summed E-state index contributed by atoms with van der Waals surface area (Å²) in [6, 6.07) is 1.65. The largest absolute Gasteiger partial charge is 0.314 e. The van der Waals surface area contributed by atoms with Crippen molar-refractivity contribution >= 4 is 37.3 Å². The predicted molar refractivity (Wildman–Crippen MR) is 63.6 cm³/mol. The van der Waals surface area contributed by atoms with Gasteiger partial charge in [-0.3, -0.25) is 0 Å². The lowest BCUT2D eigenvalue weighted by Crippen LogP contribution is -2.46. The van der Waals surface area contributed by atoms with E-state index in [-0.39, 0.29) is 0 Å². The van der Waals surface area contributed by atoms with Crippen LogP contribution in [0.25, 0.3) is 0 Å². The van der Waals surface area contributed by atoms with Crippen molar-refractivity contribution in [2.24, 2.45) is 0 Å². The molecule has 4 nitrogen and oxygen atoms in total. The van der Waals surface area contributed by atoms with E-state index in [0.717, 1.165) is 17.6 Å². The number of rotatable bonds is 2. The first-order valence-electron chi connectivity index (χ1n) is 4.55. The van der Waals surface area contributed by atoms with Crippen LogP contribution in [-0.4, -0.2) is 38.9 Å². The van der Waals surface area contributed by atoms with Gasteiger partial charge < -0.3 is 5.32 Å². The lowest BCUT2D eigenvalue weighted by atomic mass is 10.4. The van der Waals surface area contributed by atoms with E-state index in [2.05, 4.69) is 21.2 Å². The van der Waals surface area contributed by atoms with Crippen LogP contribution in [0.2, 0.25) is 0 Å². The normalized spacial score (nSPS) is 19.3. The van der Waals surface area contributed by atoms with E-state index >= 15 is 0 Å². The van der Waals surface area contributed by atoms with Gasteiger partial charge >= 0.3 is 0 Å². The maximum absolute atomic E-state index is 12.1. The zero-order valence-electron chi connectivity index (χ0n) is 7.94. The van der Waals surface area contributed by atoms with Gasteiger partial charge in [0.15, 0.2) is 0 Å². The molecular formula is C8H11BrN2O2S2. The summed E-state index contributed by atoms with van der Waals surface area (Å²) in [5.41, 5.74) is 0. The molecule has 1 aliphatic heterocycles. The molecule has 0 bridgehead atoms. The van der Waals surface area contributed by atoms with Crippen molar-refractivity contribution in [2.75, 3.05) is 26.2 Å². The highest BCUT2D eigenvalue weighted by molar-refractivity contribution is 9.10. The van der Waals surface area contributed by atoms with Crippen molar-refractivity contribution in [1.29, 1.82) is 0 Å². The third-order valence-corrected chi connectivity index (χ3v) is 6.29. The highest BCUT2D eigenvalue weighted by atomic mass is 79.9. The number of hydrogen-bond donors (Lipinski definition) is 1. The molecule has 7 heteroatoms. The smallest absolute Gasteiger partial charge is 0.252 e. The van der Waals surface area contributed by atoms with Crippen LogP contribution in [0.1, 0.15) is 0 Å². The fraction of sp³-hybridized carbons (Fsp3) is 0.500. The second-order valence-electron chi connectivity index (χ2n) is 3.24. The Morgan fingerprint density at radius 2 is 2.07 bits per heavy atom. The van der Waals surface area contributed by atoms with Gasteiger partial charge in [0.05, 0.1) is 0 Å². The standard InChI is InChI=1S/C8H11BrN2O2S2/c9-7-5-8(14-6-7)15(12,13)11-3-1-10-2-4-11/h5-6,10H,1-4H2. The van der Waals surface area contributed by atoms with Gasteiger partial charge in [-0.1, -0.05) is 0 Å². The topological polar surface area (TPSA) is 49.4 Å². The average molecular weight is 311 g/mol. The molecule has 2 rings (SSSR count). The fourth-order valence-corrected chi connectivity index (χ4v) is 4.89. The van der Waals surface area contributed by atoms with E-state index < -0.39 is 10.0 Å². The summed E-state index contributed by atoms with van der Waals surface area (Å²) in [6.07, 6.45) is 0. The van der Waals surface area contributed by atoms with E-state index in [1.54, 1.807) is 11.4 Å². The van der Waals surface area contributed by atoms with Crippen LogP contribution >= 0.6 is 27.3 Å². The van der Waals surface area contributed by atoms with Gasteiger partial charge in [0, 0.05) is 36.0 Å². The molecule has 0 unspecified atom stereocenters. The Hall–Kier alpha value is 0.0500. The molecule has 0 radical (unpaired) electrons. The minimum Gasteiger partial charge on any atom is -0.314 e. The minimum atomic E-state index is -3.26. The number of nitrogens with one attached hydrogen (secondary N) is 1. The van der Waals surface area contributed by atoms with Crippen molar-refractivity contribution in [3.63, 3.8) is 0 Å². The summed E-state index contributed by atoms with van der Waals surface area (Å²) in [4.78, 5) is 0. The molecule has 0 amide bonds. The van der Waals surface area contributed by atoms with Gasteiger partial charge in [0.1, 0.15) is 4.21 Å². The zero-order valence-corrected chi connectivity index (χ0v) is 11.2. The molecule has 0 saturated carbocycles. The van der Waals surface area contributed by atoms with Crippen LogP contribution in [0.5, 0.6) is 0 Å². The maximum atomic E-state index is 12.1. The predicted octanol–water partition coefficient (Wildman–Crippen LogP) is 1.10. The van der Waals surface area contributed by atoms with Crippen LogP contribution < -0.4 is 5.32 Å². The Bertz CT molecular complexity index is 437. The molecule has 0 spiro atoms. The first-order valence-corrected chi connectivity index (χ1v) is 7.67. The highest BCUT2D eigenvalue weighted by Gasteiger charge is 2.26. The highest BCUT2D eigenvalue weighted by Crippen LogP contribution is 2.26. The quantitative estimate of drug-likeness (QED) is 0.890. The molecule has 1 aromatic heterocycles. The first-order chi connectivity index (χ1) is 7.10. The summed E-state index contributed by atoms with van der Waals surface area (Å²) in [7, 11) is -3.26. The monoisotopic (exact) mass is 310 g/mol. The molecule has 1 fully saturated rings. The van der Waals surface area contributed by atoms with Crippen LogP contribution in [-0.2, 0) is 10.0 Å². The Balaban J connectivity index is 2.26. The Labute approximate surface area is 101 Å². The fourth-order valence-electron chi connectivity index (χ4n) is 1.44. The van der Waals surface area contributed by atoms with Crippen LogP contribution in [0.15, 0.2) is 20.1 Å². The molecule has 1 N–H and O–H groups in total. The van der Waals surface area contributed by atoms with E-state index in [1.807, 2.05) is 0 Å².